The molecule has 0 saturated heterocycles. The molecule has 1 amide bonds. The maximum Gasteiger partial charge on any atom is 0.254 e. The molecule has 0 saturated carbocycles. The number of benzene rings is 5. The van der Waals surface area contributed by atoms with Crippen LogP contribution in [0.4, 0.5) is 4.39 Å². The summed E-state index contributed by atoms with van der Waals surface area (Å²) in [5.41, 5.74) is 4.46. The Hall–Kier alpha value is -5.70. The van der Waals surface area contributed by atoms with E-state index in [0.717, 1.165) is 16.7 Å². The topological polar surface area (TPSA) is 75.7 Å². The molecular weight excluding hydrogens is 625 g/mol. The van der Waals surface area contributed by atoms with Crippen LogP contribution in [0.1, 0.15) is 44.2 Å². The number of rotatable bonds is 12. The quantitative estimate of drug-likeness (QED) is 0.135. The highest BCUT2D eigenvalue weighted by atomic mass is 19.1. The van der Waals surface area contributed by atoms with Crippen LogP contribution in [0, 0.1) is 5.82 Å². The molecule has 0 bridgehead atoms. The van der Waals surface area contributed by atoms with E-state index >= 15 is 0 Å². The van der Waals surface area contributed by atoms with Crippen LogP contribution in [0.15, 0.2) is 103 Å². The third kappa shape index (κ3) is 6.97. The molecule has 0 radical (unpaired) electrons. The van der Waals surface area contributed by atoms with Gasteiger partial charge >= 0.3 is 0 Å². The number of nitrogens with zero attached hydrogens (tertiary/aromatic N) is 1. The Morgan fingerprint density at radius 3 is 1.80 bits per heavy atom. The Morgan fingerprint density at radius 2 is 1.24 bits per heavy atom. The number of halogens is 1. The minimum absolute atomic E-state index is 0.225. The lowest BCUT2D eigenvalue weighted by atomic mass is 9.86. The molecule has 0 fully saturated rings. The fourth-order valence-corrected chi connectivity index (χ4v) is 6.22. The van der Waals surface area contributed by atoms with Crippen LogP contribution in [0.3, 0.4) is 0 Å². The van der Waals surface area contributed by atoms with Crippen LogP contribution in [-0.4, -0.2) is 45.8 Å². The SMILES string of the molecule is COc1cc(C2c3c(cc(OC)c(OCc4ccccc4)c3OC)CCN2C(=O)c2cccc(F)c2)cc(OC)c1OCc1ccccc1. The molecule has 1 aliphatic heterocycles. The smallest absolute Gasteiger partial charge is 0.254 e. The molecule has 0 aromatic heterocycles. The van der Waals surface area contributed by atoms with E-state index in [0.29, 0.717) is 65.2 Å². The molecule has 9 heteroatoms. The first-order chi connectivity index (χ1) is 23.9. The fraction of sp³-hybridized carbons (Fsp3) is 0.225. The average Bonchev–Trinajstić information content (AvgIpc) is 3.15. The van der Waals surface area contributed by atoms with Crippen LogP contribution in [0.2, 0.25) is 0 Å². The van der Waals surface area contributed by atoms with Crippen LogP contribution < -0.4 is 28.4 Å². The van der Waals surface area contributed by atoms with Crippen molar-refractivity contribution in [2.45, 2.75) is 25.7 Å². The summed E-state index contributed by atoms with van der Waals surface area (Å²) in [5, 5.41) is 0. The number of ether oxygens (including phenoxy) is 6. The van der Waals surface area contributed by atoms with Gasteiger partial charge in [0.15, 0.2) is 23.0 Å². The van der Waals surface area contributed by atoms with E-state index in [-0.39, 0.29) is 18.1 Å². The lowest BCUT2D eigenvalue weighted by Gasteiger charge is -2.39. The van der Waals surface area contributed by atoms with Crippen molar-refractivity contribution in [1.29, 1.82) is 0 Å². The van der Waals surface area contributed by atoms with E-state index in [1.165, 1.54) is 18.2 Å². The number of fused-ring (bicyclic) bond motifs is 1. The van der Waals surface area contributed by atoms with Gasteiger partial charge in [-0.1, -0.05) is 66.7 Å². The summed E-state index contributed by atoms with van der Waals surface area (Å²) in [6.07, 6.45) is 0.491. The lowest BCUT2D eigenvalue weighted by Crippen LogP contribution is -2.41. The minimum Gasteiger partial charge on any atom is -0.493 e. The third-order valence-electron chi connectivity index (χ3n) is 8.54. The zero-order valence-corrected chi connectivity index (χ0v) is 27.9. The number of hydrogen-bond acceptors (Lipinski definition) is 7. The van der Waals surface area contributed by atoms with Gasteiger partial charge in [0.05, 0.1) is 34.5 Å². The highest BCUT2D eigenvalue weighted by molar-refractivity contribution is 5.95. The molecule has 1 heterocycles. The van der Waals surface area contributed by atoms with Gasteiger partial charge in [-0.2, -0.15) is 0 Å². The Balaban J connectivity index is 1.51. The molecule has 6 rings (SSSR count). The Morgan fingerprint density at radius 1 is 0.673 bits per heavy atom. The molecule has 1 unspecified atom stereocenters. The maximum atomic E-state index is 14.4. The van der Waals surface area contributed by atoms with Crippen molar-refractivity contribution in [3.8, 4) is 34.5 Å². The minimum atomic E-state index is -0.717. The van der Waals surface area contributed by atoms with Gasteiger partial charge in [-0.3, -0.25) is 4.79 Å². The Bertz CT molecular complexity index is 1890. The van der Waals surface area contributed by atoms with Gasteiger partial charge in [0.25, 0.3) is 5.91 Å². The van der Waals surface area contributed by atoms with Gasteiger partial charge in [-0.15, -0.1) is 0 Å². The van der Waals surface area contributed by atoms with Crippen molar-refractivity contribution in [1.82, 2.24) is 4.90 Å². The van der Waals surface area contributed by atoms with Crippen molar-refractivity contribution >= 4 is 5.91 Å². The summed E-state index contributed by atoms with van der Waals surface area (Å²) < 4.78 is 50.7. The predicted octanol–water partition coefficient (Wildman–Crippen LogP) is 7.81. The van der Waals surface area contributed by atoms with Gasteiger partial charge in [-0.25, -0.2) is 4.39 Å². The summed E-state index contributed by atoms with van der Waals surface area (Å²) in [6.45, 7) is 0.886. The second-order valence-corrected chi connectivity index (χ2v) is 11.5. The average molecular weight is 664 g/mol. The van der Waals surface area contributed by atoms with Crippen molar-refractivity contribution < 1.29 is 37.6 Å². The molecule has 252 valence electrons. The van der Waals surface area contributed by atoms with E-state index in [1.54, 1.807) is 39.4 Å². The third-order valence-corrected chi connectivity index (χ3v) is 8.54. The normalized spacial score (nSPS) is 13.7. The summed E-state index contributed by atoms with van der Waals surface area (Å²) in [4.78, 5) is 16.0. The highest BCUT2D eigenvalue weighted by Gasteiger charge is 2.38. The first kappa shape index (κ1) is 33.2. The number of carbonyl (C=O) groups excluding carboxylic acids is 1. The first-order valence-corrected chi connectivity index (χ1v) is 15.9. The monoisotopic (exact) mass is 663 g/mol. The molecule has 5 aromatic rings. The van der Waals surface area contributed by atoms with Crippen molar-refractivity contribution in [2.24, 2.45) is 0 Å². The molecule has 0 spiro atoms. The van der Waals surface area contributed by atoms with Gasteiger partial charge in [0.2, 0.25) is 11.5 Å². The summed E-state index contributed by atoms with van der Waals surface area (Å²) in [6, 6.07) is 30.1. The molecule has 5 aromatic carbocycles. The molecule has 1 atom stereocenters. The predicted molar refractivity (Wildman–Crippen MR) is 184 cm³/mol. The van der Waals surface area contributed by atoms with Gasteiger partial charge in [0.1, 0.15) is 19.0 Å². The Labute approximate surface area is 285 Å². The summed E-state index contributed by atoms with van der Waals surface area (Å²) >= 11 is 0. The first-order valence-electron chi connectivity index (χ1n) is 15.9. The van der Waals surface area contributed by atoms with E-state index in [9.17, 15) is 9.18 Å². The second-order valence-electron chi connectivity index (χ2n) is 11.5. The van der Waals surface area contributed by atoms with Gasteiger partial charge in [-0.05, 0) is 65.1 Å². The largest absolute Gasteiger partial charge is 0.493 e. The molecule has 1 aliphatic rings. The molecule has 0 aliphatic carbocycles. The highest BCUT2D eigenvalue weighted by Crippen LogP contribution is 2.52. The summed E-state index contributed by atoms with van der Waals surface area (Å²) in [7, 11) is 6.26. The van der Waals surface area contributed by atoms with Crippen LogP contribution in [0.5, 0.6) is 34.5 Å². The number of amides is 1. The summed E-state index contributed by atoms with van der Waals surface area (Å²) in [5.74, 6) is 1.75. The van der Waals surface area contributed by atoms with Crippen LogP contribution in [0.25, 0.3) is 0 Å². The van der Waals surface area contributed by atoms with Crippen LogP contribution >= 0.6 is 0 Å². The van der Waals surface area contributed by atoms with E-state index in [2.05, 4.69) is 0 Å². The Kier molecular flexibility index (Phi) is 10.2. The fourth-order valence-electron chi connectivity index (χ4n) is 6.22. The van der Waals surface area contributed by atoms with E-state index < -0.39 is 11.9 Å². The number of hydrogen-bond donors (Lipinski definition) is 0. The number of methoxy groups -OCH3 is 4. The maximum absolute atomic E-state index is 14.4. The van der Waals surface area contributed by atoms with Gasteiger partial charge < -0.3 is 33.3 Å². The van der Waals surface area contributed by atoms with Gasteiger partial charge in [0, 0.05) is 17.7 Å². The second kappa shape index (κ2) is 15.0. The zero-order chi connectivity index (χ0) is 34.3. The van der Waals surface area contributed by atoms with Crippen molar-refractivity contribution in [2.75, 3.05) is 35.0 Å². The lowest BCUT2D eigenvalue weighted by molar-refractivity contribution is 0.0690. The standard InChI is InChI=1S/C40H38FNO7/c1-44-32-22-30(23-33(45-2)37(32)48-24-26-12-7-5-8-13-26)36-35-28(18-19-42(36)40(43)29-16-11-17-31(41)20-29)21-34(46-3)38(39(35)47-4)49-25-27-14-9-6-10-15-27/h5-17,20-23,36H,18-19,24-25H2,1-4H3. The number of carbonyl (C=O) groups is 1. The van der Waals surface area contributed by atoms with Crippen LogP contribution in [-0.2, 0) is 19.6 Å². The zero-order valence-electron chi connectivity index (χ0n) is 27.9. The molecule has 0 N–H and O–H groups in total. The molecule has 49 heavy (non-hydrogen) atoms. The van der Waals surface area contributed by atoms with E-state index in [1.807, 2.05) is 78.9 Å². The molecule has 8 nitrogen and oxygen atoms in total. The molecular formula is C40H38FNO7. The van der Waals surface area contributed by atoms with Crippen molar-refractivity contribution in [3.63, 3.8) is 0 Å². The van der Waals surface area contributed by atoms with Crippen molar-refractivity contribution in [3.05, 3.63) is 142 Å². The van der Waals surface area contributed by atoms with E-state index in [4.69, 9.17) is 28.4 Å².